The summed E-state index contributed by atoms with van der Waals surface area (Å²) in [5.41, 5.74) is 1.35. The topological polar surface area (TPSA) is 58.6 Å². The van der Waals surface area contributed by atoms with Crippen LogP contribution >= 0.6 is 11.3 Å². The monoisotopic (exact) mass is 316 g/mol. The van der Waals surface area contributed by atoms with Gasteiger partial charge in [-0.25, -0.2) is 13.1 Å². The van der Waals surface area contributed by atoms with Gasteiger partial charge in [-0.2, -0.15) is 11.3 Å². The summed E-state index contributed by atoms with van der Waals surface area (Å²) in [5.74, 6) is 0.741. The van der Waals surface area contributed by atoms with Crippen molar-refractivity contribution in [3.05, 3.63) is 22.4 Å². The molecule has 2 aliphatic rings. The number of rotatable bonds is 5. The van der Waals surface area contributed by atoms with Gasteiger partial charge in [0.15, 0.2) is 0 Å². The fourth-order valence-corrected chi connectivity index (χ4v) is 4.30. The molecule has 7 heteroatoms. The van der Waals surface area contributed by atoms with Crippen molar-refractivity contribution in [3.63, 3.8) is 0 Å². The predicted molar refractivity (Wildman–Crippen MR) is 79.2 cm³/mol. The Morgan fingerprint density at radius 2 is 2.35 bits per heavy atom. The summed E-state index contributed by atoms with van der Waals surface area (Å²) in [6.07, 6.45) is 1.47. The number of likely N-dealkylation sites (tertiary alicyclic amines) is 1. The molecule has 0 spiro atoms. The van der Waals surface area contributed by atoms with E-state index in [1.807, 2.05) is 0 Å². The lowest BCUT2D eigenvalue weighted by Gasteiger charge is -2.19. The zero-order chi connectivity index (χ0) is 14.2. The molecule has 0 bridgehead atoms. The molecule has 2 saturated heterocycles. The first-order valence-corrected chi connectivity index (χ1v) is 9.64. The van der Waals surface area contributed by atoms with Gasteiger partial charge in [0.25, 0.3) is 0 Å². The van der Waals surface area contributed by atoms with E-state index in [1.165, 1.54) is 11.8 Å². The van der Waals surface area contributed by atoms with E-state index >= 15 is 0 Å². The molecule has 2 fully saturated rings. The van der Waals surface area contributed by atoms with E-state index in [-0.39, 0.29) is 6.10 Å². The van der Waals surface area contributed by atoms with Crippen molar-refractivity contribution in [1.82, 2.24) is 9.62 Å². The van der Waals surface area contributed by atoms with Crippen LogP contribution in [0.15, 0.2) is 16.8 Å². The molecular formula is C13H20N2O3S2. The van der Waals surface area contributed by atoms with Crippen LogP contribution in [-0.2, 0) is 21.3 Å². The highest BCUT2D eigenvalue weighted by molar-refractivity contribution is 7.88. The van der Waals surface area contributed by atoms with E-state index in [0.29, 0.717) is 25.0 Å². The Hall–Kier alpha value is -0.470. The summed E-state index contributed by atoms with van der Waals surface area (Å²) in [7, 11) is -3.11. The van der Waals surface area contributed by atoms with E-state index < -0.39 is 10.0 Å². The van der Waals surface area contributed by atoms with Crippen LogP contribution in [0, 0.1) is 11.8 Å². The summed E-state index contributed by atoms with van der Waals surface area (Å²) in [4.78, 5) is 2.41. The Labute approximate surface area is 124 Å². The van der Waals surface area contributed by atoms with E-state index in [1.54, 1.807) is 11.3 Å². The standard InChI is InChI=1S/C13H20N2O3S2/c1-20(16,17)14-4-11-8-18-13-7-15(6-12(11)13)5-10-2-3-19-9-10/h2-3,9,11-14H,4-8H2,1H3/t11-,12+,13+/m1/s1. The zero-order valence-electron chi connectivity index (χ0n) is 11.5. The Morgan fingerprint density at radius 1 is 1.50 bits per heavy atom. The maximum Gasteiger partial charge on any atom is 0.208 e. The van der Waals surface area contributed by atoms with Gasteiger partial charge in [-0.15, -0.1) is 0 Å². The lowest BCUT2D eigenvalue weighted by atomic mass is 9.93. The number of hydrogen-bond donors (Lipinski definition) is 1. The first-order chi connectivity index (χ1) is 9.51. The largest absolute Gasteiger partial charge is 0.376 e. The molecular weight excluding hydrogens is 296 g/mol. The summed E-state index contributed by atoms with van der Waals surface area (Å²) in [5, 5.41) is 4.28. The molecule has 1 N–H and O–H groups in total. The van der Waals surface area contributed by atoms with E-state index in [4.69, 9.17) is 4.74 Å². The van der Waals surface area contributed by atoms with E-state index in [9.17, 15) is 8.42 Å². The Morgan fingerprint density at radius 3 is 3.05 bits per heavy atom. The average Bonchev–Trinajstić information content (AvgIpc) is 3.03. The second-order valence-electron chi connectivity index (χ2n) is 5.74. The van der Waals surface area contributed by atoms with Crippen molar-refractivity contribution < 1.29 is 13.2 Å². The molecule has 2 aliphatic heterocycles. The minimum Gasteiger partial charge on any atom is -0.376 e. The first kappa shape index (κ1) is 14.5. The van der Waals surface area contributed by atoms with Gasteiger partial charge in [0.2, 0.25) is 10.0 Å². The number of fused-ring (bicyclic) bond motifs is 1. The fourth-order valence-electron chi connectivity index (χ4n) is 3.12. The zero-order valence-corrected chi connectivity index (χ0v) is 13.1. The van der Waals surface area contributed by atoms with Crippen LogP contribution < -0.4 is 4.72 Å². The van der Waals surface area contributed by atoms with Crippen molar-refractivity contribution in [2.24, 2.45) is 11.8 Å². The van der Waals surface area contributed by atoms with Crippen molar-refractivity contribution in [2.45, 2.75) is 12.6 Å². The molecule has 1 aromatic heterocycles. The summed E-state index contributed by atoms with van der Waals surface area (Å²) in [6.45, 7) is 4.08. The number of sulfonamides is 1. The smallest absolute Gasteiger partial charge is 0.208 e. The molecule has 0 radical (unpaired) electrons. The number of nitrogens with zero attached hydrogens (tertiary/aromatic N) is 1. The SMILES string of the molecule is CS(=O)(=O)NC[C@@H]1CO[C@H]2CN(Cc3ccsc3)C[C@@H]12. The van der Waals surface area contributed by atoms with Gasteiger partial charge in [0.1, 0.15) is 0 Å². The molecule has 0 aromatic carbocycles. The van der Waals surface area contributed by atoms with Crippen LogP contribution in [0.4, 0.5) is 0 Å². The molecule has 5 nitrogen and oxygen atoms in total. The maximum atomic E-state index is 11.2. The van der Waals surface area contributed by atoms with Gasteiger partial charge in [-0.05, 0) is 22.4 Å². The Bertz CT molecular complexity index is 544. The molecule has 0 unspecified atom stereocenters. The fraction of sp³-hybridized carbons (Fsp3) is 0.692. The summed E-state index contributed by atoms with van der Waals surface area (Å²) >= 11 is 1.72. The van der Waals surface area contributed by atoms with Gasteiger partial charge in [-0.3, -0.25) is 4.90 Å². The first-order valence-electron chi connectivity index (χ1n) is 6.81. The van der Waals surface area contributed by atoms with Crippen molar-refractivity contribution >= 4 is 21.4 Å². The van der Waals surface area contributed by atoms with Gasteiger partial charge < -0.3 is 4.74 Å². The third-order valence-corrected chi connectivity index (χ3v) is 5.53. The average molecular weight is 316 g/mol. The molecule has 0 amide bonds. The lowest BCUT2D eigenvalue weighted by molar-refractivity contribution is 0.0942. The third kappa shape index (κ3) is 3.40. The Balaban J connectivity index is 1.55. The minimum atomic E-state index is -3.11. The van der Waals surface area contributed by atoms with Crippen molar-refractivity contribution in [3.8, 4) is 0 Å². The molecule has 1 aromatic rings. The quantitative estimate of drug-likeness (QED) is 0.871. The number of nitrogens with one attached hydrogen (secondary N) is 1. The molecule has 0 aliphatic carbocycles. The highest BCUT2D eigenvalue weighted by Gasteiger charge is 2.43. The van der Waals surface area contributed by atoms with Crippen LogP contribution in [0.3, 0.4) is 0 Å². The summed E-state index contributed by atoms with van der Waals surface area (Å²) in [6, 6.07) is 2.16. The van der Waals surface area contributed by atoms with Gasteiger partial charge in [0, 0.05) is 38.0 Å². The van der Waals surface area contributed by atoms with Gasteiger partial charge >= 0.3 is 0 Å². The minimum absolute atomic E-state index is 0.264. The molecule has 20 heavy (non-hydrogen) atoms. The second-order valence-corrected chi connectivity index (χ2v) is 8.36. The molecule has 3 atom stereocenters. The van der Waals surface area contributed by atoms with Gasteiger partial charge in [0.05, 0.1) is 19.0 Å². The van der Waals surface area contributed by atoms with Crippen LogP contribution in [-0.4, -0.2) is 51.9 Å². The van der Waals surface area contributed by atoms with Crippen LogP contribution in [0.5, 0.6) is 0 Å². The predicted octanol–water partition coefficient (Wildman–Crippen LogP) is 0.744. The maximum absolute atomic E-state index is 11.2. The van der Waals surface area contributed by atoms with Crippen LogP contribution in [0.1, 0.15) is 5.56 Å². The summed E-state index contributed by atoms with van der Waals surface area (Å²) < 4.78 is 30.8. The lowest BCUT2D eigenvalue weighted by Crippen LogP contribution is -2.33. The third-order valence-electron chi connectivity index (χ3n) is 4.11. The van der Waals surface area contributed by atoms with Crippen LogP contribution in [0.2, 0.25) is 0 Å². The van der Waals surface area contributed by atoms with Crippen molar-refractivity contribution in [1.29, 1.82) is 0 Å². The number of hydrogen-bond acceptors (Lipinski definition) is 5. The van der Waals surface area contributed by atoms with E-state index in [0.717, 1.165) is 19.6 Å². The number of thiophene rings is 1. The molecule has 3 heterocycles. The highest BCUT2D eigenvalue weighted by Crippen LogP contribution is 2.34. The van der Waals surface area contributed by atoms with E-state index in [2.05, 4.69) is 26.4 Å². The second kappa shape index (κ2) is 5.73. The molecule has 0 saturated carbocycles. The highest BCUT2D eigenvalue weighted by atomic mass is 32.2. The van der Waals surface area contributed by atoms with Gasteiger partial charge in [-0.1, -0.05) is 0 Å². The normalized spacial score (nSPS) is 30.8. The molecule has 3 rings (SSSR count). The van der Waals surface area contributed by atoms with Crippen molar-refractivity contribution in [2.75, 3.05) is 32.5 Å². The van der Waals surface area contributed by atoms with Crippen LogP contribution in [0.25, 0.3) is 0 Å². The number of ether oxygens (including phenoxy) is 1. The molecule has 112 valence electrons. The Kier molecular flexibility index (Phi) is 4.14.